The van der Waals surface area contributed by atoms with Gasteiger partial charge >= 0.3 is 0 Å². The van der Waals surface area contributed by atoms with Gasteiger partial charge in [0.1, 0.15) is 5.00 Å². The van der Waals surface area contributed by atoms with Crippen molar-refractivity contribution < 1.29 is 0 Å². The summed E-state index contributed by atoms with van der Waals surface area (Å²) in [7, 11) is 0. The minimum Gasteiger partial charge on any atom is -0.371 e. The van der Waals surface area contributed by atoms with Crippen molar-refractivity contribution >= 4 is 27.4 Å². The maximum Gasteiger partial charge on any atom is 0.117 e. The second-order valence-electron chi connectivity index (χ2n) is 4.35. The highest BCUT2D eigenvalue weighted by Gasteiger charge is 2.30. The number of nitrogens with zero attached hydrogens (tertiary/aromatic N) is 1. The van der Waals surface area contributed by atoms with Crippen molar-refractivity contribution in [1.29, 1.82) is 0 Å². The predicted octanol–water partition coefficient (Wildman–Crippen LogP) is 2.45. The van der Waals surface area contributed by atoms with E-state index < -0.39 is 0 Å². The molecule has 1 aliphatic rings. The first kappa shape index (κ1) is 10.1. The number of nitrogens with one attached hydrogen (secondary N) is 1. The van der Waals surface area contributed by atoms with Crippen LogP contribution in [0.25, 0.3) is 10.9 Å². The minimum atomic E-state index is 0.420. The Morgan fingerprint density at radius 2 is 2.25 bits per heavy atom. The van der Waals surface area contributed by atoms with E-state index >= 15 is 0 Å². The van der Waals surface area contributed by atoms with E-state index in [2.05, 4.69) is 21.8 Å². The van der Waals surface area contributed by atoms with Crippen molar-refractivity contribution in [2.75, 3.05) is 11.9 Å². The fourth-order valence-corrected chi connectivity index (χ4v) is 2.85. The van der Waals surface area contributed by atoms with Crippen LogP contribution in [0.1, 0.15) is 12.8 Å². The summed E-state index contributed by atoms with van der Waals surface area (Å²) >= 11 is 1.54. The Hall–Kier alpha value is -1.13. The first-order valence-corrected chi connectivity index (χ1v) is 6.47. The van der Waals surface area contributed by atoms with Gasteiger partial charge in [-0.2, -0.15) is 4.37 Å². The van der Waals surface area contributed by atoms with E-state index in [0.717, 1.165) is 16.4 Å². The molecule has 3 nitrogen and oxygen atoms in total. The minimum absolute atomic E-state index is 0.420. The van der Waals surface area contributed by atoms with Crippen molar-refractivity contribution in [2.45, 2.75) is 18.9 Å². The van der Waals surface area contributed by atoms with E-state index in [1.54, 1.807) is 0 Å². The van der Waals surface area contributed by atoms with Gasteiger partial charge in [0.15, 0.2) is 0 Å². The topological polar surface area (TPSA) is 50.9 Å². The van der Waals surface area contributed by atoms with Crippen LogP contribution < -0.4 is 11.1 Å². The van der Waals surface area contributed by atoms with Gasteiger partial charge in [-0.15, -0.1) is 0 Å². The van der Waals surface area contributed by atoms with E-state index in [1.807, 2.05) is 12.1 Å². The molecule has 0 aliphatic heterocycles. The van der Waals surface area contributed by atoms with Crippen LogP contribution in [-0.4, -0.2) is 17.0 Å². The molecule has 4 heteroatoms. The van der Waals surface area contributed by atoms with E-state index in [9.17, 15) is 0 Å². The molecule has 0 radical (unpaired) electrons. The third kappa shape index (κ3) is 1.79. The molecule has 0 saturated heterocycles. The number of rotatable bonds is 4. The van der Waals surface area contributed by atoms with Gasteiger partial charge in [-0.25, -0.2) is 0 Å². The van der Waals surface area contributed by atoms with Crippen molar-refractivity contribution in [1.82, 2.24) is 4.37 Å². The number of benzene rings is 1. The molecule has 1 unspecified atom stereocenters. The summed E-state index contributed by atoms with van der Waals surface area (Å²) in [6.07, 6.45) is 2.62. The molecule has 3 N–H and O–H groups in total. The average Bonchev–Trinajstić information content (AvgIpc) is 3.08. The lowest BCUT2D eigenvalue weighted by Gasteiger charge is -2.15. The standard InChI is InChI=1S/C12H15N3S/c13-7-11(8-5-6-8)14-12-9-3-1-2-4-10(9)15-16-12/h1-4,8,11,14H,5-7,13H2. The Morgan fingerprint density at radius 3 is 3.00 bits per heavy atom. The molecule has 84 valence electrons. The zero-order valence-corrected chi connectivity index (χ0v) is 9.83. The molecular weight excluding hydrogens is 218 g/mol. The van der Waals surface area contributed by atoms with Gasteiger partial charge in [-0.1, -0.05) is 12.1 Å². The van der Waals surface area contributed by atoms with Crippen LogP contribution in [0.3, 0.4) is 0 Å². The lowest BCUT2D eigenvalue weighted by Crippen LogP contribution is -2.30. The summed E-state index contributed by atoms with van der Waals surface area (Å²) in [5.41, 5.74) is 6.87. The van der Waals surface area contributed by atoms with Gasteiger partial charge in [-0.05, 0) is 42.4 Å². The average molecular weight is 233 g/mol. The fourth-order valence-electron chi connectivity index (χ4n) is 2.03. The largest absolute Gasteiger partial charge is 0.371 e. The van der Waals surface area contributed by atoms with Crippen molar-refractivity contribution in [3.63, 3.8) is 0 Å². The van der Waals surface area contributed by atoms with Crippen LogP contribution in [0.5, 0.6) is 0 Å². The monoisotopic (exact) mass is 233 g/mol. The molecule has 1 saturated carbocycles. The lowest BCUT2D eigenvalue weighted by molar-refractivity contribution is 0.647. The van der Waals surface area contributed by atoms with Crippen LogP contribution in [0, 0.1) is 5.92 Å². The smallest absolute Gasteiger partial charge is 0.117 e. The molecule has 1 atom stereocenters. The number of aromatic nitrogens is 1. The van der Waals surface area contributed by atoms with Crippen LogP contribution in [0.15, 0.2) is 24.3 Å². The van der Waals surface area contributed by atoms with E-state index in [0.29, 0.717) is 12.6 Å². The Kier molecular flexibility index (Phi) is 2.53. The highest BCUT2D eigenvalue weighted by atomic mass is 32.1. The summed E-state index contributed by atoms with van der Waals surface area (Å²) in [6.45, 7) is 0.705. The summed E-state index contributed by atoms with van der Waals surface area (Å²) in [6, 6.07) is 8.65. The first-order valence-electron chi connectivity index (χ1n) is 5.69. The van der Waals surface area contributed by atoms with Crippen LogP contribution >= 0.6 is 11.5 Å². The summed E-state index contributed by atoms with van der Waals surface area (Å²) < 4.78 is 4.42. The SMILES string of the molecule is NCC(Nc1snc2ccccc12)C1CC1. The maximum atomic E-state index is 5.80. The van der Waals surface area contributed by atoms with E-state index in [1.165, 1.54) is 29.8 Å². The van der Waals surface area contributed by atoms with Crippen molar-refractivity contribution in [3.05, 3.63) is 24.3 Å². The molecule has 16 heavy (non-hydrogen) atoms. The van der Waals surface area contributed by atoms with Gasteiger partial charge in [-0.3, -0.25) is 0 Å². The number of fused-ring (bicyclic) bond motifs is 1. The molecule has 3 rings (SSSR count). The lowest BCUT2D eigenvalue weighted by atomic mass is 10.2. The summed E-state index contributed by atoms with van der Waals surface area (Å²) in [4.78, 5) is 0. The second-order valence-corrected chi connectivity index (χ2v) is 5.13. The number of hydrogen-bond acceptors (Lipinski definition) is 4. The molecular formula is C12H15N3S. The molecule has 2 aromatic rings. The first-order chi connectivity index (χ1) is 7.88. The highest BCUT2D eigenvalue weighted by molar-refractivity contribution is 7.11. The third-order valence-corrected chi connectivity index (χ3v) is 3.95. The Bertz CT molecular complexity index is 490. The summed E-state index contributed by atoms with van der Waals surface area (Å²) in [5, 5.41) is 5.92. The Balaban J connectivity index is 1.87. The molecule has 1 aromatic heterocycles. The molecule has 0 spiro atoms. The van der Waals surface area contributed by atoms with Gasteiger partial charge in [0, 0.05) is 18.0 Å². The highest BCUT2D eigenvalue weighted by Crippen LogP contribution is 2.36. The van der Waals surface area contributed by atoms with Crippen LogP contribution in [0.4, 0.5) is 5.00 Å². The van der Waals surface area contributed by atoms with Crippen LogP contribution in [-0.2, 0) is 0 Å². The maximum absolute atomic E-state index is 5.80. The zero-order chi connectivity index (χ0) is 11.0. The van der Waals surface area contributed by atoms with Crippen molar-refractivity contribution in [3.8, 4) is 0 Å². The summed E-state index contributed by atoms with van der Waals surface area (Å²) in [5.74, 6) is 0.769. The molecule has 1 fully saturated rings. The third-order valence-electron chi connectivity index (χ3n) is 3.15. The van der Waals surface area contributed by atoms with Gasteiger partial charge < -0.3 is 11.1 Å². The van der Waals surface area contributed by atoms with E-state index in [-0.39, 0.29) is 0 Å². The second kappa shape index (κ2) is 4.03. The Morgan fingerprint density at radius 1 is 1.44 bits per heavy atom. The van der Waals surface area contributed by atoms with E-state index in [4.69, 9.17) is 5.73 Å². The van der Waals surface area contributed by atoms with Gasteiger partial charge in [0.05, 0.1) is 5.52 Å². The predicted molar refractivity (Wildman–Crippen MR) is 68.8 cm³/mol. The number of nitrogens with two attached hydrogens (primary N) is 1. The molecule has 0 amide bonds. The Labute approximate surface area is 98.8 Å². The number of anilines is 1. The molecule has 1 aliphatic carbocycles. The quantitative estimate of drug-likeness (QED) is 0.853. The fraction of sp³-hybridized carbons (Fsp3) is 0.417. The van der Waals surface area contributed by atoms with Crippen LogP contribution in [0.2, 0.25) is 0 Å². The van der Waals surface area contributed by atoms with Crippen molar-refractivity contribution in [2.24, 2.45) is 11.7 Å². The molecule has 1 heterocycles. The normalized spacial score (nSPS) is 17.6. The molecule has 1 aromatic carbocycles. The molecule has 0 bridgehead atoms. The zero-order valence-electron chi connectivity index (χ0n) is 9.02. The number of hydrogen-bond donors (Lipinski definition) is 2. The van der Waals surface area contributed by atoms with Gasteiger partial charge in [0.2, 0.25) is 0 Å². The van der Waals surface area contributed by atoms with Gasteiger partial charge in [0.25, 0.3) is 0 Å².